The normalized spacial score (nSPS) is 13.4. The number of benzene rings is 1. The predicted octanol–water partition coefficient (Wildman–Crippen LogP) is 14.0. The van der Waals surface area contributed by atoms with Crippen LogP contribution in [0.2, 0.25) is 0 Å². The summed E-state index contributed by atoms with van der Waals surface area (Å²) in [5.74, 6) is -0.321. The summed E-state index contributed by atoms with van der Waals surface area (Å²) in [5, 5.41) is 1.80. The predicted molar refractivity (Wildman–Crippen MR) is 179 cm³/mol. The summed E-state index contributed by atoms with van der Waals surface area (Å²) in [6.07, 6.45) is 10.0. The van der Waals surface area contributed by atoms with Crippen LogP contribution in [-0.2, 0) is 19.8 Å². The van der Waals surface area contributed by atoms with Gasteiger partial charge in [-0.1, -0.05) is 42.5 Å². The first-order valence-electron chi connectivity index (χ1n) is 14.2. The molecule has 290 valence electrons. The number of halogens is 13. The molecule has 1 aromatic carbocycles. The van der Waals surface area contributed by atoms with E-state index in [0.717, 1.165) is 44.6 Å². The minimum absolute atomic E-state index is 0. The molecule has 0 radical (unpaired) electrons. The van der Waals surface area contributed by atoms with Crippen LogP contribution in [-0.4, -0.2) is 29.9 Å². The maximum atomic E-state index is 13.0. The van der Waals surface area contributed by atoms with Gasteiger partial charge in [0.05, 0.1) is 40.0 Å². The molecule has 0 fully saturated rings. The van der Waals surface area contributed by atoms with E-state index in [9.17, 15) is 54.8 Å². The van der Waals surface area contributed by atoms with Crippen LogP contribution in [0.15, 0.2) is 140 Å². The van der Waals surface area contributed by atoms with E-state index in [4.69, 9.17) is 0 Å². The second kappa shape index (κ2) is 16.3. The molecule has 22 heteroatoms. The Bertz CT molecular complexity index is 2030. The number of nitrogens with zero attached hydrogens (tertiary/aromatic N) is 6. The molecule has 6 nitrogen and oxygen atoms in total. The van der Waals surface area contributed by atoms with Crippen molar-refractivity contribution in [3.05, 3.63) is 146 Å². The average Bonchev–Trinajstić information content (AvgIpc) is 3.07. The molecule has 6 heterocycles. The minimum atomic E-state index is -10.7. The van der Waals surface area contributed by atoms with Gasteiger partial charge in [-0.2, -0.15) is 0 Å². The zero-order valence-corrected chi connectivity index (χ0v) is 31.0. The van der Waals surface area contributed by atoms with E-state index < -0.39 is 15.6 Å². The van der Waals surface area contributed by atoms with Gasteiger partial charge in [-0.25, -0.2) is 4.39 Å². The summed E-state index contributed by atoms with van der Waals surface area (Å²) in [7, 11) is -21.3. The van der Waals surface area contributed by atoms with Crippen molar-refractivity contribution in [2.24, 2.45) is 0 Å². The number of fused-ring (bicyclic) bond motifs is 3. The van der Waals surface area contributed by atoms with Crippen molar-refractivity contribution in [2.45, 2.75) is 0 Å². The van der Waals surface area contributed by atoms with Gasteiger partial charge in [0.15, 0.2) is 0 Å². The fraction of sp³-hybridized carbons (Fsp3) is 0. The summed E-state index contributed by atoms with van der Waals surface area (Å²) in [5.41, 5.74) is 5.22. The first kappa shape index (κ1) is 45.4. The molecule has 0 saturated heterocycles. The molecule has 6 aromatic heterocycles. The molecule has 0 amide bonds. The molecule has 0 aliphatic carbocycles. The number of hydrogen-bond acceptors (Lipinski definition) is 6. The SMILES string of the molecule is F[P-](F)(F)(F)(F)F.F[P-](F)(F)(F)(F)F.Fc1cnc2c(ccc3cccnc32)c1.[Os+2].c1ccc(-c2ccccn2)nc1.c1ccc(-c2ccccn2)nc1. The van der Waals surface area contributed by atoms with Crippen molar-refractivity contribution in [3.8, 4) is 22.8 Å². The number of pyridine rings is 6. The van der Waals surface area contributed by atoms with Gasteiger partial charge < -0.3 is 0 Å². The standard InChI is InChI=1S/C12H7FN2.2C10H8N2.2F6P.Os/c13-10-6-9-4-3-8-2-1-5-14-11(8)12(9)15-7-10;2*1-3-7-11-9(5-1)10-6-2-4-8-12-10;2*1-7(2,3,4,5)6;/h1-7H;2*1-8H;;;/q;;;2*-1;+2. The molecule has 0 saturated carbocycles. The van der Waals surface area contributed by atoms with Gasteiger partial charge in [-0.15, -0.1) is 0 Å². The van der Waals surface area contributed by atoms with Gasteiger partial charge >= 0.3 is 85.8 Å². The van der Waals surface area contributed by atoms with E-state index >= 15 is 0 Å². The van der Waals surface area contributed by atoms with Crippen molar-refractivity contribution in [3.63, 3.8) is 0 Å². The minimum Gasteiger partial charge on any atom is -0.255 e. The van der Waals surface area contributed by atoms with Crippen LogP contribution in [0, 0.1) is 5.82 Å². The third-order valence-corrected chi connectivity index (χ3v) is 5.57. The Hall–Kier alpha value is -4.77. The summed E-state index contributed by atoms with van der Waals surface area (Å²) in [6.45, 7) is 0. The van der Waals surface area contributed by atoms with Crippen molar-refractivity contribution < 1.29 is 74.5 Å². The second-order valence-corrected chi connectivity index (χ2v) is 14.0. The molecule has 0 atom stereocenters. The van der Waals surface area contributed by atoms with E-state index in [1.807, 2.05) is 97.1 Å². The molecular weight excluding hydrogens is 968 g/mol. The number of aromatic nitrogens is 6. The van der Waals surface area contributed by atoms with Gasteiger partial charge in [0.2, 0.25) is 0 Å². The Balaban J connectivity index is 0.000000240. The maximum absolute atomic E-state index is 13.0. The zero-order chi connectivity index (χ0) is 39.5. The number of hydrogen-bond donors (Lipinski definition) is 0. The third-order valence-electron chi connectivity index (χ3n) is 5.57. The Morgan fingerprint density at radius 1 is 0.352 bits per heavy atom. The Morgan fingerprint density at radius 2 is 0.667 bits per heavy atom. The largest absolute Gasteiger partial charge is 2.00 e. The maximum Gasteiger partial charge on any atom is 2.00 e. The monoisotopic (exact) mass is 992 g/mol. The van der Waals surface area contributed by atoms with Crippen LogP contribution in [0.25, 0.3) is 44.6 Å². The van der Waals surface area contributed by atoms with Crippen molar-refractivity contribution in [1.82, 2.24) is 29.9 Å². The van der Waals surface area contributed by atoms with Gasteiger partial charge in [0.25, 0.3) is 0 Å². The zero-order valence-electron chi connectivity index (χ0n) is 26.6. The molecule has 7 aromatic rings. The van der Waals surface area contributed by atoms with Crippen LogP contribution in [0.3, 0.4) is 0 Å². The molecule has 0 N–H and O–H groups in total. The Labute approximate surface area is 310 Å². The van der Waals surface area contributed by atoms with Gasteiger partial charge in [0.1, 0.15) is 5.82 Å². The van der Waals surface area contributed by atoms with Crippen LogP contribution in [0.5, 0.6) is 0 Å². The van der Waals surface area contributed by atoms with Crippen LogP contribution < -0.4 is 0 Å². The van der Waals surface area contributed by atoms with Gasteiger partial charge in [-0.3, -0.25) is 29.9 Å². The average molecular weight is 991 g/mol. The van der Waals surface area contributed by atoms with Gasteiger partial charge in [-0.05, 0) is 60.7 Å². The van der Waals surface area contributed by atoms with Crippen LogP contribution in [0.4, 0.5) is 54.8 Å². The fourth-order valence-corrected chi connectivity index (χ4v) is 3.77. The summed E-state index contributed by atoms with van der Waals surface area (Å²) < 4.78 is 131. The molecule has 0 bridgehead atoms. The smallest absolute Gasteiger partial charge is 0.255 e. The van der Waals surface area contributed by atoms with E-state index in [1.54, 1.807) is 31.0 Å². The second-order valence-electron chi connectivity index (χ2n) is 10.1. The molecule has 0 aliphatic heterocycles. The van der Waals surface area contributed by atoms with Crippen LogP contribution in [0.1, 0.15) is 0 Å². The van der Waals surface area contributed by atoms with Gasteiger partial charge in [0, 0.05) is 41.8 Å². The molecular formula is C32H23F13N6OsP2. The molecule has 0 unspecified atom stereocenters. The van der Waals surface area contributed by atoms with E-state index in [2.05, 4.69) is 29.9 Å². The first-order valence-corrected chi connectivity index (χ1v) is 18.3. The van der Waals surface area contributed by atoms with E-state index in [0.29, 0.717) is 0 Å². The topological polar surface area (TPSA) is 77.3 Å². The van der Waals surface area contributed by atoms with Crippen molar-refractivity contribution in [2.75, 3.05) is 0 Å². The van der Waals surface area contributed by atoms with Crippen molar-refractivity contribution >= 4 is 37.4 Å². The quantitative estimate of drug-likeness (QED) is 0.0976. The number of rotatable bonds is 2. The fourth-order valence-electron chi connectivity index (χ4n) is 3.77. The molecule has 0 aliphatic rings. The third kappa shape index (κ3) is 21.7. The summed E-state index contributed by atoms with van der Waals surface area (Å²) in [6, 6.07) is 32.3. The van der Waals surface area contributed by atoms with E-state index in [-0.39, 0.29) is 25.6 Å². The first-order chi connectivity index (χ1) is 24.2. The van der Waals surface area contributed by atoms with Crippen molar-refractivity contribution in [1.29, 1.82) is 0 Å². The van der Waals surface area contributed by atoms with Crippen LogP contribution >= 0.6 is 15.6 Å². The molecule has 7 rings (SSSR count). The summed E-state index contributed by atoms with van der Waals surface area (Å²) in [4.78, 5) is 25.1. The van der Waals surface area contributed by atoms with E-state index in [1.165, 1.54) is 12.3 Å². The molecule has 0 spiro atoms. The summed E-state index contributed by atoms with van der Waals surface area (Å²) >= 11 is 0. The Kier molecular flexibility index (Phi) is 13.7. The molecule has 54 heavy (non-hydrogen) atoms. The Morgan fingerprint density at radius 3 is 1.00 bits per heavy atom.